The van der Waals surface area contributed by atoms with Crippen LogP contribution < -0.4 is 4.90 Å². The number of pyridine rings is 1. The fourth-order valence-corrected chi connectivity index (χ4v) is 2.54. The number of fused-ring (bicyclic) bond motifs is 1. The molecule has 1 atom stereocenters. The zero-order valence-corrected chi connectivity index (χ0v) is 12.5. The van der Waals surface area contributed by atoms with Gasteiger partial charge in [0.15, 0.2) is 0 Å². The number of anilines is 1. The molecule has 1 aromatic carbocycles. The van der Waals surface area contributed by atoms with Crippen molar-refractivity contribution >= 4 is 28.9 Å². The molecule has 1 unspecified atom stereocenters. The average molecular weight is 300 g/mol. The summed E-state index contributed by atoms with van der Waals surface area (Å²) in [4.78, 5) is 22.9. The number of hydrogen-bond donors (Lipinski definition) is 0. The lowest BCUT2D eigenvalue weighted by atomic mass is 10.1. The molecular formula is C16H14ClN3O. The Labute approximate surface area is 128 Å². The normalized spacial score (nSPS) is 18.0. The zero-order valence-electron chi connectivity index (χ0n) is 11.7. The zero-order chi connectivity index (χ0) is 15.0. The maximum atomic E-state index is 12.3. The Kier molecular flexibility index (Phi) is 3.47. The van der Waals surface area contributed by atoms with Crippen LogP contribution in [0.15, 0.2) is 47.5 Å². The van der Waals surface area contributed by atoms with Crippen LogP contribution in [0.2, 0.25) is 5.15 Å². The topological polar surface area (TPSA) is 45.6 Å². The van der Waals surface area contributed by atoms with E-state index in [0.29, 0.717) is 16.6 Å². The van der Waals surface area contributed by atoms with Gasteiger partial charge in [-0.2, -0.15) is 0 Å². The van der Waals surface area contributed by atoms with Crippen LogP contribution in [-0.2, 0) is 4.79 Å². The van der Waals surface area contributed by atoms with Gasteiger partial charge in [-0.25, -0.2) is 4.98 Å². The second-order valence-electron chi connectivity index (χ2n) is 4.92. The maximum Gasteiger partial charge on any atom is 0.251 e. The SMILES string of the molecule is CC1N=C(c2ccccc2)c2nc(Cl)ccc2N(C)C1=O. The molecule has 4 nitrogen and oxygen atoms in total. The molecular weight excluding hydrogens is 286 g/mol. The van der Waals surface area contributed by atoms with E-state index in [0.717, 1.165) is 11.3 Å². The third-order valence-corrected chi connectivity index (χ3v) is 3.69. The summed E-state index contributed by atoms with van der Waals surface area (Å²) in [5, 5.41) is 0.382. The number of likely N-dealkylation sites (N-methyl/N-ethyl adjacent to an activating group) is 1. The van der Waals surface area contributed by atoms with Crippen molar-refractivity contribution in [3.8, 4) is 0 Å². The maximum absolute atomic E-state index is 12.3. The Hall–Kier alpha value is -2.20. The van der Waals surface area contributed by atoms with Crippen molar-refractivity contribution in [1.29, 1.82) is 0 Å². The summed E-state index contributed by atoms with van der Waals surface area (Å²) < 4.78 is 0. The average Bonchev–Trinajstić information content (AvgIpc) is 2.59. The molecule has 1 aliphatic rings. The van der Waals surface area contributed by atoms with E-state index < -0.39 is 6.04 Å². The van der Waals surface area contributed by atoms with Gasteiger partial charge in [-0.3, -0.25) is 9.79 Å². The number of aromatic nitrogens is 1. The van der Waals surface area contributed by atoms with Crippen molar-refractivity contribution in [3.05, 3.63) is 58.9 Å². The van der Waals surface area contributed by atoms with Gasteiger partial charge in [0.05, 0.1) is 11.4 Å². The highest BCUT2D eigenvalue weighted by molar-refractivity contribution is 6.30. The van der Waals surface area contributed by atoms with Gasteiger partial charge in [-0.05, 0) is 19.1 Å². The van der Waals surface area contributed by atoms with Crippen molar-refractivity contribution in [2.45, 2.75) is 13.0 Å². The third kappa shape index (κ3) is 2.43. The Bertz CT molecular complexity index is 728. The molecule has 5 heteroatoms. The standard InChI is InChI=1S/C16H14ClN3O/c1-10-16(21)20(2)12-8-9-13(17)19-15(12)14(18-10)11-6-4-3-5-7-11/h3-10H,1-2H3. The van der Waals surface area contributed by atoms with Crippen molar-refractivity contribution in [2.75, 3.05) is 11.9 Å². The van der Waals surface area contributed by atoms with Crippen molar-refractivity contribution in [1.82, 2.24) is 4.98 Å². The first kappa shape index (κ1) is 13.8. The minimum absolute atomic E-state index is 0.0636. The van der Waals surface area contributed by atoms with Crippen LogP contribution in [-0.4, -0.2) is 29.7 Å². The molecule has 0 saturated heterocycles. The second-order valence-corrected chi connectivity index (χ2v) is 5.31. The van der Waals surface area contributed by atoms with E-state index >= 15 is 0 Å². The van der Waals surface area contributed by atoms with Crippen molar-refractivity contribution in [3.63, 3.8) is 0 Å². The molecule has 2 heterocycles. The van der Waals surface area contributed by atoms with E-state index in [1.807, 2.05) is 30.3 Å². The van der Waals surface area contributed by atoms with Crippen LogP contribution in [0.4, 0.5) is 5.69 Å². The van der Waals surface area contributed by atoms with Gasteiger partial charge in [0.1, 0.15) is 16.9 Å². The molecule has 0 fully saturated rings. The number of carbonyl (C=O) groups is 1. The van der Waals surface area contributed by atoms with Crippen molar-refractivity contribution < 1.29 is 4.79 Å². The first-order valence-electron chi connectivity index (χ1n) is 6.65. The summed E-state index contributed by atoms with van der Waals surface area (Å²) in [6, 6.07) is 12.7. The quantitative estimate of drug-likeness (QED) is 0.760. The number of aliphatic imine (C=N–C) groups is 1. The predicted molar refractivity (Wildman–Crippen MR) is 84.2 cm³/mol. The largest absolute Gasteiger partial charge is 0.311 e. The summed E-state index contributed by atoms with van der Waals surface area (Å²) in [5.74, 6) is -0.0636. The highest BCUT2D eigenvalue weighted by atomic mass is 35.5. The number of carbonyl (C=O) groups excluding carboxylic acids is 1. The van der Waals surface area contributed by atoms with Crippen LogP contribution in [0.3, 0.4) is 0 Å². The van der Waals surface area contributed by atoms with Crippen LogP contribution in [0, 0.1) is 0 Å². The minimum Gasteiger partial charge on any atom is -0.311 e. The fraction of sp³-hybridized carbons (Fsp3) is 0.188. The molecule has 0 saturated carbocycles. The van der Waals surface area contributed by atoms with Gasteiger partial charge in [-0.1, -0.05) is 41.9 Å². The number of nitrogens with zero attached hydrogens (tertiary/aromatic N) is 3. The van der Waals surface area contributed by atoms with Crippen LogP contribution in [0.5, 0.6) is 0 Å². The number of halogens is 1. The van der Waals surface area contributed by atoms with Crippen LogP contribution in [0.25, 0.3) is 0 Å². The van der Waals surface area contributed by atoms with E-state index in [2.05, 4.69) is 9.98 Å². The number of benzene rings is 1. The molecule has 3 rings (SSSR count). The molecule has 1 aromatic heterocycles. The lowest BCUT2D eigenvalue weighted by Crippen LogP contribution is -2.33. The van der Waals surface area contributed by atoms with Gasteiger partial charge < -0.3 is 4.90 Å². The second kappa shape index (κ2) is 5.30. The molecule has 2 aromatic rings. The smallest absolute Gasteiger partial charge is 0.251 e. The molecule has 0 radical (unpaired) electrons. The summed E-state index contributed by atoms with van der Waals surface area (Å²) in [7, 11) is 1.73. The summed E-state index contributed by atoms with van der Waals surface area (Å²) >= 11 is 6.03. The minimum atomic E-state index is -0.460. The molecule has 106 valence electrons. The van der Waals surface area contributed by atoms with Crippen LogP contribution >= 0.6 is 11.6 Å². The molecule has 0 N–H and O–H groups in total. The lowest BCUT2D eigenvalue weighted by molar-refractivity contribution is -0.119. The van der Waals surface area contributed by atoms with Gasteiger partial charge >= 0.3 is 0 Å². The number of hydrogen-bond acceptors (Lipinski definition) is 3. The summed E-state index contributed by atoms with van der Waals surface area (Å²) in [6.45, 7) is 1.79. The van der Waals surface area contributed by atoms with Gasteiger partial charge in [0.25, 0.3) is 5.91 Å². The first-order valence-corrected chi connectivity index (χ1v) is 7.03. The van der Waals surface area contributed by atoms with E-state index in [1.165, 1.54) is 0 Å². The molecule has 1 amide bonds. The van der Waals surface area contributed by atoms with E-state index in [1.54, 1.807) is 31.0 Å². The number of rotatable bonds is 1. The van der Waals surface area contributed by atoms with Gasteiger partial charge in [0.2, 0.25) is 0 Å². The van der Waals surface area contributed by atoms with E-state index in [4.69, 9.17) is 11.6 Å². The lowest BCUT2D eigenvalue weighted by Gasteiger charge is -2.18. The Balaban J connectivity index is 2.27. The third-order valence-electron chi connectivity index (χ3n) is 3.48. The summed E-state index contributed by atoms with van der Waals surface area (Å²) in [6.07, 6.45) is 0. The van der Waals surface area contributed by atoms with Gasteiger partial charge in [-0.15, -0.1) is 0 Å². The molecule has 0 aliphatic carbocycles. The Morgan fingerprint density at radius 3 is 2.57 bits per heavy atom. The molecule has 0 spiro atoms. The number of amides is 1. The highest BCUT2D eigenvalue weighted by Crippen LogP contribution is 2.27. The predicted octanol–water partition coefficient (Wildman–Crippen LogP) is 2.94. The van der Waals surface area contributed by atoms with Gasteiger partial charge in [0, 0.05) is 12.6 Å². The molecule has 21 heavy (non-hydrogen) atoms. The molecule has 0 bridgehead atoms. The van der Waals surface area contributed by atoms with E-state index in [-0.39, 0.29) is 5.91 Å². The van der Waals surface area contributed by atoms with E-state index in [9.17, 15) is 4.79 Å². The molecule has 1 aliphatic heterocycles. The van der Waals surface area contributed by atoms with Crippen molar-refractivity contribution in [2.24, 2.45) is 4.99 Å². The monoisotopic (exact) mass is 299 g/mol. The van der Waals surface area contributed by atoms with Crippen LogP contribution in [0.1, 0.15) is 18.2 Å². The Morgan fingerprint density at radius 1 is 1.14 bits per heavy atom. The Morgan fingerprint density at radius 2 is 1.86 bits per heavy atom. The fourth-order valence-electron chi connectivity index (χ4n) is 2.39. The summed E-state index contributed by atoms with van der Waals surface area (Å²) in [5.41, 5.74) is 2.96. The highest BCUT2D eigenvalue weighted by Gasteiger charge is 2.28. The first-order chi connectivity index (χ1) is 10.1.